The van der Waals surface area contributed by atoms with Crippen LogP contribution in [0.25, 0.3) is 10.8 Å². The van der Waals surface area contributed by atoms with Gasteiger partial charge in [0.2, 0.25) is 0 Å². The van der Waals surface area contributed by atoms with Crippen LogP contribution in [0.2, 0.25) is 5.15 Å². The fraction of sp³-hybridized carbons (Fsp3) is 0. The van der Waals surface area contributed by atoms with Crippen molar-refractivity contribution < 1.29 is 8.42 Å². The first-order chi connectivity index (χ1) is 10.1. The highest BCUT2D eigenvalue weighted by Gasteiger charge is 2.19. The van der Waals surface area contributed by atoms with Crippen LogP contribution in [0.4, 0.5) is 5.82 Å². The summed E-state index contributed by atoms with van der Waals surface area (Å²) in [5.74, 6) is -0.00905. The van der Waals surface area contributed by atoms with Crippen molar-refractivity contribution in [2.24, 2.45) is 0 Å². The van der Waals surface area contributed by atoms with Crippen LogP contribution in [0.15, 0.2) is 53.9 Å². The predicted octanol–water partition coefficient (Wildman–Crippen LogP) is 2.48. The maximum atomic E-state index is 12.5. The van der Waals surface area contributed by atoms with Gasteiger partial charge in [0.25, 0.3) is 10.0 Å². The van der Waals surface area contributed by atoms with Crippen LogP contribution in [-0.2, 0) is 10.0 Å². The zero-order valence-electron chi connectivity index (χ0n) is 10.6. The molecule has 0 atom stereocenters. The average Bonchev–Trinajstić information content (AvgIpc) is 2.49. The molecule has 1 N–H and O–H groups in total. The Labute approximate surface area is 125 Å². The fourth-order valence-corrected chi connectivity index (χ4v) is 3.35. The summed E-state index contributed by atoms with van der Waals surface area (Å²) in [6.07, 6.45) is 5.88. The van der Waals surface area contributed by atoms with Gasteiger partial charge >= 0.3 is 0 Å². The molecular weight excluding hydrogens is 312 g/mol. The van der Waals surface area contributed by atoms with Gasteiger partial charge in [0.15, 0.2) is 11.0 Å². The molecule has 3 aromatic rings. The summed E-state index contributed by atoms with van der Waals surface area (Å²) in [6.45, 7) is 0. The SMILES string of the molecule is O=S(=O)(Nc1nccnc1Cl)c1cccc2cnccc12. The quantitative estimate of drug-likeness (QED) is 0.801. The third kappa shape index (κ3) is 2.65. The second-order valence-electron chi connectivity index (χ2n) is 4.15. The highest BCUT2D eigenvalue weighted by molar-refractivity contribution is 7.93. The maximum Gasteiger partial charge on any atom is 0.263 e. The fourth-order valence-electron chi connectivity index (χ4n) is 1.90. The first-order valence-corrected chi connectivity index (χ1v) is 7.76. The minimum absolute atomic E-state index is 0.00905. The van der Waals surface area contributed by atoms with Crippen molar-refractivity contribution in [3.05, 3.63) is 54.2 Å². The molecule has 0 saturated heterocycles. The van der Waals surface area contributed by atoms with Gasteiger partial charge in [-0.1, -0.05) is 23.7 Å². The van der Waals surface area contributed by atoms with Crippen LogP contribution in [0.3, 0.4) is 0 Å². The number of anilines is 1. The smallest absolute Gasteiger partial charge is 0.263 e. The van der Waals surface area contributed by atoms with Crippen molar-refractivity contribution in [1.82, 2.24) is 15.0 Å². The Kier molecular flexibility index (Phi) is 3.44. The van der Waals surface area contributed by atoms with E-state index in [1.54, 1.807) is 24.4 Å². The third-order valence-corrected chi connectivity index (χ3v) is 4.49. The van der Waals surface area contributed by atoms with E-state index in [0.717, 1.165) is 5.39 Å². The van der Waals surface area contributed by atoms with Crippen molar-refractivity contribution in [1.29, 1.82) is 0 Å². The Morgan fingerprint density at radius 3 is 2.67 bits per heavy atom. The number of fused-ring (bicyclic) bond motifs is 1. The number of hydrogen-bond acceptors (Lipinski definition) is 5. The summed E-state index contributed by atoms with van der Waals surface area (Å²) in [4.78, 5) is 11.8. The van der Waals surface area contributed by atoms with Gasteiger partial charge < -0.3 is 0 Å². The molecule has 0 aliphatic heterocycles. The van der Waals surface area contributed by atoms with Crippen LogP contribution in [-0.4, -0.2) is 23.4 Å². The van der Waals surface area contributed by atoms with Crippen LogP contribution >= 0.6 is 11.6 Å². The molecular formula is C13H9ClN4O2S. The topological polar surface area (TPSA) is 84.8 Å². The molecule has 2 aromatic heterocycles. The number of benzene rings is 1. The molecule has 0 unspecified atom stereocenters. The normalized spacial score (nSPS) is 11.5. The van der Waals surface area contributed by atoms with Crippen LogP contribution in [0, 0.1) is 0 Å². The van der Waals surface area contributed by atoms with Gasteiger partial charge in [-0.05, 0) is 12.1 Å². The lowest BCUT2D eigenvalue weighted by atomic mass is 10.2. The van der Waals surface area contributed by atoms with E-state index in [-0.39, 0.29) is 15.9 Å². The summed E-state index contributed by atoms with van der Waals surface area (Å²) >= 11 is 5.83. The highest BCUT2D eigenvalue weighted by Crippen LogP contribution is 2.25. The Balaban J connectivity index is 2.11. The number of pyridine rings is 1. The highest BCUT2D eigenvalue weighted by atomic mass is 35.5. The molecule has 0 saturated carbocycles. The van der Waals surface area contributed by atoms with E-state index in [9.17, 15) is 8.42 Å². The van der Waals surface area contributed by atoms with Crippen molar-refractivity contribution in [2.45, 2.75) is 4.90 Å². The summed E-state index contributed by atoms with van der Waals surface area (Å²) < 4.78 is 27.4. The second kappa shape index (κ2) is 5.27. The summed E-state index contributed by atoms with van der Waals surface area (Å²) in [5, 5.41) is 1.29. The summed E-state index contributed by atoms with van der Waals surface area (Å²) in [5.41, 5.74) is 0. The van der Waals surface area contributed by atoms with E-state index in [2.05, 4.69) is 19.7 Å². The third-order valence-electron chi connectivity index (χ3n) is 2.81. The Hall–Kier alpha value is -2.25. The number of halogens is 1. The molecule has 0 bridgehead atoms. The van der Waals surface area contributed by atoms with Crippen LogP contribution in [0.1, 0.15) is 0 Å². The minimum Gasteiger partial charge on any atom is -0.264 e. The molecule has 8 heteroatoms. The Morgan fingerprint density at radius 2 is 1.86 bits per heavy atom. The van der Waals surface area contributed by atoms with Crippen LogP contribution < -0.4 is 4.72 Å². The standard InChI is InChI=1S/C13H9ClN4O2S/c14-12-13(17-7-6-16-12)18-21(19,20)11-3-1-2-9-8-15-5-4-10(9)11/h1-8H,(H,17,18). The monoisotopic (exact) mass is 320 g/mol. The van der Waals surface area contributed by atoms with E-state index in [0.29, 0.717) is 5.39 Å². The average molecular weight is 321 g/mol. The van der Waals surface area contributed by atoms with Crippen molar-refractivity contribution in [2.75, 3.05) is 4.72 Å². The minimum atomic E-state index is -3.83. The van der Waals surface area contributed by atoms with Gasteiger partial charge in [0.05, 0.1) is 4.90 Å². The van der Waals surface area contributed by atoms with E-state index in [1.807, 2.05) is 0 Å². The van der Waals surface area contributed by atoms with Crippen LogP contribution in [0.5, 0.6) is 0 Å². The Bertz CT molecular complexity index is 909. The van der Waals surface area contributed by atoms with Crippen molar-refractivity contribution in [3.8, 4) is 0 Å². The summed E-state index contributed by atoms with van der Waals surface area (Å²) in [6, 6.07) is 6.59. The number of hydrogen-bond donors (Lipinski definition) is 1. The number of nitrogens with zero attached hydrogens (tertiary/aromatic N) is 3. The first-order valence-electron chi connectivity index (χ1n) is 5.90. The number of nitrogens with one attached hydrogen (secondary N) is 1. The molecule has 0 spiro atoms. The van der Waals surface area contributed by atoms with Crippen molar-refractivity contribution >= 4 is 38.2 Å². The van der Waals surface area contributed by atoms with Gasteiger partial charge in [-0.3, -0.25) is 9.71 Å². The lowest BCUT2D eigenvalue weighted by Crippen LogP contribution is -2.15. The molecule has 0 aliphatic rings. The van der Waals surface area contributed by atoms with E-state index in [4.69, 9.17) is 11.6 Å². The van der Waals surface area contributed by atoms with E-state index in [1.165, 1.54) is 24.7 Å². The summed E-state index contributed by atoms with van der Waals surface area (Å²) in [7, 11) is -3.83. The number of aromatic nitrogens is 3. The number of sulfonamides is 1. The van der Waals surface area contributed by atoms with Gasteiger partial charge in [-0.25, -0.2) is 18.4 Å². The predicted molar refractivity (Wildman–Crippen MR) is 79.6 cm³/mol. The van der Waals surface area contributed by atoms with Gasteiger partial charge in [0, 0.05) is 35.6 Å². The first kappa shape index (κ1) is 13.7. The molecule has 106 valence electrons. The zero-order valence-corrected chi connectivity index (χ0v) is 12.1. The van der Waals surface area contributed by atoms with E-state index >= 15 is 0 Å². The molecule has 21 heavy (non-hydrogen) atoms. The molecule has 3 rings (SSSR count). The molecule has 1 aromatic carbocycles. The molecule has 6 nitrogen and oxygen atoms in total. The second-order valence-corrected chi connectivity index (χ2v) is 6.16. The van der Waals surface area contributed by atoms with Gasteiger partial charge in [-0.15, -0.1) is 0 Å². The zero-order chi connectivity index (χ0) is 14.9. The molecule has 0 amide bonds. The maximum absolute atomic E-state index is 12.5. The molecule has 0 aliphatic carbocycles. The molecule has 0 radical (unpaired) electrons. The lowest BCUT2D eigenvalue weighted by molar-refractivity contribution is 0.602. The molecule has 2 heterocycles. The number of rotatable bonds is 3. The Morgan fingerprint density at radius 1 is 1.05 bits per heavy atom. The lowest BCUT2D eigenvalue weighted by Gasteiger charge is -2.10. The largest absolute Gasteiger partial charge is 0.264 e. The molecule has 0 fully saturated rings. The van der Waals surface area contributed by atoms with Gasteiger partial charge in [-0.2, -0.15) is 0 Å². The van der Waals surface area contributed by atoms with Gasteiger partial charge in [0.1, 0.15) is 0 Å². The van der Waals surface area contributed by atoms with E-state index < -0.39 is 10.0 Å². The van der Waals surface area contributed by atoms with Crippen molar-refractivity contribution in [3.63, 3.8) is 0 Å².